The normalized spacial score (nSPS) is 29.3. The standard InChI is InChI=1S/C13H16BrFOS/c1-9-13(16,5-2-6-17-9)8-10-3-4-11(14)7-12(10)15/h3-4,7,9,16H,2,5-6,8H2,1H3. The first-order valence-electron chi connectivity index (χ1n) is 5.79. The molecule has 2 atom stereocenters. The fourth-order valence-electron chi connectivity index (χ4n) is 2.22. The summed E-state index contributed by atoms with van der Waals surface area (Å²) >= 11 is 5.01. The molecule has 0 saturated carbocycles. The molecule has 1 aromatic rings. The lowest BCUT2D eigenvalue weighted by Crippen LogP contribution is -2.43. The third-order valence-corrected chi connectivity index (χ3v) is 5.35. The Morgan fingerprint density at radius 2 is 2.35 bits per heavy atom. The van der Waals surface area contributed by atoms with Crippen LogP contribution in [-0.4, -0.2) is 21.7 Å². The Kier molecular flexibility index (Phi) is 4.16. The first-order chi connectivity index (χ1) is 8.01. The summed E-state index contributed by atoms with van der Waals surface area (Å²) in [5.74, 6) is 0.849. The molecule has 1 aliphatic heterocycles. The molecule has 1 aromatic carbocycles. The van der Waals surface area contributed by atoms with Gasteiger partial charge in [0.2, 0.25) is 0 Å². The van der Waals surface area contributed by atoms with E-state index in [1.165, 1.54) is 6.07 Å². The van der Waals surface area contributed by atoms with Gasteiger partial charge in [0.25, 0.3) is 0 Å². The molecule has 1 nitrogen and oxygen atoms in total. The average Bonchev–Trinajstić information content (AvgIpc) is 2.27. The van der Waals surface area contributed by atoms with Crippen LogP contribution in [0.3, 0.4) is 0 Å². The van der Waals surface area contributed by atoms with E-state index in [2.05, 4.69) is 15.9 Å². The first-order valence-corrected chi connectivity index (χ1v) is 7.63. The molecule has 0 aliphatic carbocycles. The zero-order valence-electron chi connectivity index (χ0n) is 9.75. The van der Waals surface area contributed by atoms with E-state index >= 15 is 0 Å². The molecule has 0 spiro atoms. The number of benzene rings is 1. The van der Waals surface area contributed by atoms with E-state index in [9.17, 15) is 9.50 Å². The second kappa shape index (κ2) is 5.29. The van der Waals surface area contributed by atoms with Gasteiger partial charge in [-0.05, 0) is 36.3 Å². The molecule has 94 valence electrons. The third kappa shape index (κ3) is 3.04. The maximum atomic E-state index is 13.8. The van der Waals surface area contributed by atoms with Crippen molar-refractivity contribution < 1.29 is 9.50 Å². The molecule has 1 fully saturated rings. The molecule has 0 amide bonds. The summed E-state index contributed by atoms with van der Waals surface area (Å²) in [6.07, 6.45) is 2.17. The van der Waals surface area contributed by atoms with E-state index in [1.807, 2.05) is 13.0 Å². The predicted molar refractivity (Wildman–Crippen MR) is 73.9 cm³/mol. The largest absolute Gasteiger partial charge is 0.388 e. The molecule has 1 aliphatic rings. The zero-order valence-corrected chi connectivity index (χ0v) is 12.2. The van der Waals surface area contributed by atoms with Crippen LogP contribution in [-0.2, 0) is 6.42 Å². The van der Waals surface area contributed by atoms with Crippen molar-refractivity contribution in [1.29, 1.82) is 0 Å². The summed E-state index contributed by atoms with van der Waals surface area (Å²) in [6, 6.07) is 5.03. The van der Waals surface area contributed by atoms with Crippen molar-refractivity contribution in [3.63, 3.8) is 0 Å². The monoisotopic (exact) mass is 318 g/mol. The summed E-state index contributed by atoms with van der Waals surface area (Å²) in [7, 11) is 0. The maximum absolute atomic E-state index is 13.8. The van der Waals surface area contributed by atoms with Crippen LogP contribution < -0.4 is 0 Å². The van der Waals surface area contributed by atoms with Crippen LogP contribution >= 0.6 is 27.7 Å². The fourth-order valence-corrected chi connectivity index (χ4v) is 3.73. The topological polar surface area (TPSA) is 20.2 Å². The smallest absolute Gasteiger partial charge is 0.127 e. The second-order valence-electron chi connectivity index (χ2n) is 4.63. The van der Waals surface area contributed by atoms with Crippen LogP contribution in [0.5, 0.6) is 0 Å². The van der Waals surface area contributed by atoms with Crippen molar-refractivity contribution in [1.82, 2.24) is 0 Å². The van der Waals surface area contributed by atoms with Gasteiger partial charge in [0.05, 0.1) is 5.60 Å². The van der Waals surface area contributed by atoms with E-state index in [4.69, 9.17) is 0 Å². The maximum Gasteiger partial charge on any atom is 0.127 e. The highest BCUT2D eigenvalue weighted by Crippen LogP contribution is 2.36. The third-order valence-electron chi connectivity index (χ3n) is 3.39. The van der Waals surface area contributed by atoms with Crippen LogP contribution in [0.1, 0.15) is 25.3 Å². The van der Waals surface area contributed by atoms with Crippen molar-refractivity contribution in [3.8, 4) is 0 Å². The Labute approximate surface area is 114 Å². The highest BCUT2D eigenvalue weighted by Gasteiger charge is 2.37. The highest BCUT2D eigenvalue weighted by atomic mass is 79.9. The van der Waals surface area contributed by atoms with E-state index < -0.39 is 5.60 Å². The van der Waals surface area contributed by atoms with Crippen molar-refractivity contribution in [2.45, 2.75) is 37.0 Å². The van der Waals surface area contributed by atoms with Gasteiger partial charge in [0, 0.05) is 16.1 Å². The lowest BCUT2D eigenvalue weighted by Gasteiger charge is -2.37. The van der Waals surface area contributed by atoms with Crippen LogP contribution in [0, 0.1) is 5.82 Å². The molecule has 4 heteroatoms. The number of aliphatic hydroxyl groups is 1. The van der Waals surface area contributed by atoms with Gasteiger partial charge in [0.1, 0.15) is 5.82 Å². The van der Waals surface area contributed by atoms with Crippen molar-refractivity contribution >= 4 is 27.7 Å². The summed E-state index contributed by atoms with van der Waals surface area (Å²) < 4.78 is 14.5. The van der Waals surface area contributed by atoms with Gasteiger partial charge < -0.3 is 5.11 Å². The quantitative estimate of drug-likeness (QED) is 0.895. The minimum absolute atomic E-state index is 0.166. The Bertz CT molecular complexity index is 412. The number of hydrogen-bond acceptors (Lipinski definition) is 2. The van der Waals surface area contributed by atoms with Gasteiger partial charge in [-0.1, -0.05) is 28.9 Å². The molecule has 17 heavy (non-hydrogen) atoms. The lowest BCUT2D eigenvalue weighted by molar-refractivity contribution is 0.0290. The van der Waals surface area contributed by atoms with Crippen LogP contribution in [0.15, 0.2) is 22.7 Å². The Balaban J connectivity index is 2.19. The van der Waals surface area contributed by atoms with Crippen LogP contribution in [0.4, 0.5) is 4.39 Å². The SMILES string of the molecule is CC1SCCCC1(O)Cc1ccc(Br)cc1F. The molecule has 0 radical (unpaired) electrons. The van der Waals surface area contributed by atoms with Crippen LogP contribution in [0.25, 0.3) is 0 Å². The van der Waals surface area contributed by atoms with E-state index in [0.717, 1.165) is 23.1 Å². The van der Waals surface area contributed by atoms with Crippen molar-refractivity contribution in [2.75, 3.05) is 5.75 Å². The Morgan fingerprint density at radius 1 is 1.59 bits per heavy atom. The summed E-state index contributed by atoms with van der Waals surface area (Å²) in [4.78, 5) is 0. The number of thioether (sulfide) groups is 1. The fraction of sp³-hybridized carbons (Fsp3) is 0.538. The molecule has 2 unspecified atom stereocenters. The van der Waals surface area contributed by atoms with Crippen LogP contribution in [0.2, 0.25) is 0 Å². The average molecular weight is 319 g/mol. The van der Waals surface area contributed by atoms with Gasteiger partial charge >= 0.3 is 0 Å². The lowest BCUT2D eigenvalue weighted by atomic mass is 9.87. The molecule has 0 bridgehead atoms. The van der Waals surface area contributed by atoms with Crippen molar-refractivity contribution in [2.24, 2.45) is 0 Å². The van der Waals surface area contributed by atoms with E-state index in [1.54, 1.807) is 17.8 Å². The summed E-state index contributed by atoms with van der Waals surface area (Å²) in [6.45, 7) is 2.03. The molecule has 1 saturated heterocycles. The van der Waals surface area contributed by atoms with Gasteiger partial charge in [-0.25, -0.2) is 4.39 Å². The predicted octanol–water partition coefficient (Wildman–Crippen LogP) is 3.78. The Morgan fingerprint density at radius 3 is 3.00 bits per heavy atom. The second-order valence-corrected chi connectivity index (χ2v) is 7.00. The first kappa shape index (κ1) is 13.4. The van der Waals surface area contributed by atoms with Gasteiger partial charge in [-0.3, -0.25) is 0 Å². The summed E-state index contributed by atoms with van der Waals surface area (Å²) in [5, 5.41) is 10.8. The van der Waals surface area contributed by atoms with Gasteiger partial charge in [-0.15, -0.1) is 0 Å². The minimum atomic E-state index is -0.766. The molecule has 1 heterocycles. The number of halogens is 2. The van der Waals surface area contributed by atoms with E-state index in [0.29, 0.717) is 12.0 Å². The number of hydrogen-bond donors (Lipinski definition) is 1. The van der Waals surface area contributed by atoms with Gasteiger partial charge in [-0.2, -0.15) is 11.8 Å². The molecule has 2 rings (SSSR count). The molecular weight excluding hydrogens is 303 g/mol. The highest BCUT2D eigenvalue weighted by molar-refractivity contribution is 9.10. The minimum Gasteiger partial charge on any atom is -0.388 e. The molecular formula is C13H16BrFOS. The van der Waals surface area contributed by atoms with Crippen molar-refractivity contribution in [3.05, 3.63) is 34.1 Å². The van der Waals surface area contributed by atoms with E-state index in [-0.39, 0.29) is 11.1 Å². The Hall–Kier alpha value is -0.0600. The zero-order chi connectivity index (χ0) is 12.5. The summed E-state index contributed by atoms with van der Waals surface area (Å²) in [5.41, 5.74) is -0.164. The van der Waals surface area contributed by atoms with Gasteiger partial charge in [0.15, 0.2) is 0 Å². The number of rotatable bonds is 2. The molecule has 0 aromatic heterocycles. The molecule has 1 N–H and O–H groups in total.